The van der Waals surface area contributed by atoms with Crippen LogP contribution in [0.2, 0.25) is 0 Å². The Morgan fingerprint density at radius 3 is 2.74 bits per heavy atom. The standard InChI is InChI=1S/C10H9BrF3N5/c1-15-5-9-16-17-18-19(9)8-3-2-6(11)4-7(8)10(12,13)14/h2-4,15H,5H2,1H3. The van der Waals surface area contributed by atoms with Crippen LogP contribution in [0.5, 0.6) is 0 Å². The van der Waals surface area contributed by atoms with Crippen LogP contribution in [0.1, 0.15) is 11.4 Å². The molecule has 0 spiro atoms. The van der Waals surface area contributed by atoms with Crippen molar-refractivity contribution in [3.05, 3.63) is 34.1 Å². The quantitative estimate of drug-likeness (QED) is 0.933. The maximum absolute atomic E-state index is 13.0. The van der Waals surface area contributed by atoms with Crippen molar-refractivity contribution in [2.75, 3.05) is 7.05 Å². The molecule has 9 heteroatoms. The van der Waals surface area contributed by atoms with E-state index >= 15 is 0 Å². The number of nitrogens with one attached hydrogen (secondary N) is 1. The first kappa shape index (κ1) is 13.9. The van der Waals surface area contributed by atoms with E-state index in [2.05, 4.69) is 36.8 Å². The molecule has 0 bridgehead atoms. The molecule has 2 aromatic rings. The van der Waals surface area contributed by atoms with Gasteiger partial charge in [-0.25, -0.2) is 0 Å². The molecule has 0 aliphatic carbocycles. The van der Waals surface area contributed by atoms with Crippen molar-refractivity contribution in [3.8, 4) is 5.69 Å². The average Bonchev–Trinajstić information content (AvgIpc) is 2.76. The summed E-state index contributed by atoms with van der Waals surface area (Å²) in [5, 5.41) is 13.5. The minimum absolute atomic E-state index is 0.106. The molecule has 0 atom stereocenters. The highest BCUT2D eigenvalue weighted by Crippen LogP contribution is 2.35. The van der Waals surface area contributed by atoms with Gasteiger partial charge in [0.05, 0.1) is 17.8 Å². The summed E-state index contributed by atoms with van der Waals surface area (Å²) in [4.78, 5) is 0. The number of tetrazole rings is 1. The molecule has 1 heterocycles. The fourth-order valence-corrected chi connectivity index (χ4v) is 1.94. The smallest absolute Gasteiger partial charge is 0.313 e. The first-order valence-electron chi connectivity index (χ1n) is 5.22. The van der Waals surface area contributed by atoms with Gasteiger partial charge in [0.1, 0.15) is 0 Å². The van der Waals surface area contributed by atoms with Gasteiger partial charge in [-0.2, -0.15) is 17.9 Å². The molecule has 1 N–H and O–H groups in total. The minimum Gasteiger partial charge on any atom is -0.313 e. The van der Waals surface area contributed by atoms with Crippen LogP contribution in [-0.2, 0) is 12.7 Å². The lowest BCUT2D eigenvalue weighted by Gasteiger charge is -2.13. The van der Waals surface area contributed by atoms with Crippen LogP contribution >= 0.6 is 15.9 Å². The maximum atomic E-state index is 13.0. The predicted molar refractivity (Wildman–Crippen MR) is 64.6 cm³/mol. The normalized spacial score (nSPS) is 11.8. The van der Waals surface area contributed by atoms with Gasteiger partial charge in [-0.3, -0.25) is 0 Å². The van der Waals surface area contributed by atoms with Crippen LogP contribution < -0.4 is 5.32 Å². The molecule has 0 saturated heterocycles. The molecule has 0 fully saturated rings. The van der Waals surface area contributed by atoms with Crippen LogP contribution in [0.4, 0.5) is 13.2 Å². The highest BCUT2D eigenvalue weighted by Gasteiger charge is 2.35. The third kappa shape index (κ3) is 2.92. The fourth-order valence-electron chi connectivity index (χ4n) is 1.58. The van der Waals surface area contributed by atoms with Crippen molar-refractivity contribution >= 4 is 15.9 Å². The second-order valence-electron chi connectivity index (χ2n) is 3.70. The van der Waals surface area contributed by atoms with E-state index in [1.165, 1.54) is 12.1 Å². The first-order valence-corrected chi connectivity index (χ1v) is 6.01. The lowest BCUT2D eigenvalue weighted by molar-refractivity contribution is -0.137. The van der Waals surface area contributed by atoms with Gasteiger partial charge in [-0.05, 0) is 35.7 Å². The van der Waals surface area contributed by atoms with Crippen molar-refractivity contribution in [2.45, 2.75) is 12.7 Å². The van der Waals surface area contributed by atoms with Crippen molar-refractivity contribution in [2.24, 2.45) is 0 Å². The van der Waals surface area contributed by atoms with Gasteiger partial charge in [0.25, 0.3) is 0 Å². The molecular weight excluding hydrogens is 327 g/mol. The van der Waals surface area contributed by atoms with Gasteiger partial charge in [0, 0.05) is 4.47 Å². The third-order valence-corrected chi connectivity index (χ3v) is 2.85. The molecule has 2 rings (SSSR count). The summed E-state index contributed by atoms with van der Waals surface area (Å²) >= 11 is 3.03. The topological polar surface area (TPSA) is 55.6 Å². The van der Waals surface area contributed by atoms with E-state index in [0.717, 1.165) is 10.7 Å². The monoisotopic (exact) mass is 335 g/mol. The summed E-state index contributed by atoms with van der Waals surface area (Å²) in [6, 6.07) is 3.83. The molecular formula is C10H9BrF3N5. The lowest BCUT2D eigenvalue weighted by atomic mass is 10.1. The van der Waals surface area contributed by atoms with Crippen molar-refractivity contribution in [3.63, 3.8) is 0 Å². The van der Waals surface area contributed by atoms with Crippen molar-refractivity contribution < 1.29 is 13.2 Å². The number of halogens is 4. The summed E-state index contributed by atoms with van der Waals surface area (Å²) in [5.41, 5.74) is -0.905. The van der Waals surface area contributed by atoms with Crippen LogP contribution in [0.15, 0.2) is 22.7 Å². The van der Waals surface area contributed by atoms with Crippen molar-refractivity contribution in [1.29, 1.82) is 0 Å². The number of hydrogen-bond acceptors (Lipinski definition) is 4. The Hall–Kier alpha value is -1.48. The average molecular weight is 336 g/mol. The summed E-state index contributed by atoms with van der Waals surface area (Å²) in [7, 11) is 1.66. The Balaban J connectivity index is 2.58. The summed E-state index contributed by atoms with van der Waals surface area (Å²) < 4.78 is 40.5. The number of alkyl halides is 3. The van der Waals surface area contributed by atoms with Gasteiger partial charge in [-0.1, -0.05) is 15.9 Å². The summed E-state index contributed by atoms with van der Waals surface area (Å²) in [6.07, 6.45) is -4.48. The minimum atomic E-state index is -4.48. The Bertz CT molecular complexity index is 581. The zero-order chi connectivity index (χ0) is 14.0. The van der Waals surface area contributed by atoms with E-state index in [1.54, 1.807) is 7.05 Å². The Kier molecular flexibility index (Phi) is 3.85. The van der Waals surface area contributed by atoms with Gasteiger partial charge < -0.3 is 5.32 Å². The van der Waals surface area contributed by atoms with Gasteiger partial charge in [-0.15, -0.1) is 5.10 Å². The Morgan fingerprint density at radius 2 is 2.11 bits per heavy atom. The highest BCUT2D eigenvalue weighted by molar-refractivity contribution is 9.10. The zero-order valence-electron chi connectivity index (χ0n) is 9.74. The van der Waals surface area contributed by atoms with Crippen molar-refractivity contribution in [1.82, 2.24) is 25.5 Å². The number of nitrogens with zero attached hydrogens (tertiary/aromatic N) is 4. The molecule has 19 heavy (non-hydrogen) atoms. The Labute approximate surface area is 114 Å². The number of aromatic nitrogens is 4. The first-order chi connectivity index (χ1) is 8.93. The molecule has 102 valence electrons. The molecule has 0 aliphatic rings. The molecule has 0 amide bonds. The molecule has 1 aromatic carbocycles. The number of hydrogen-bond donors (Lipinski definition) is 1. The van der Waals surface area contributed by atoms with Crippen LogP contribution in [0, 0.1) is 0 Å². The Morgan fingerprint density at radius 1 is 1.37 bits per heavy atom. The maximum Gasteiger partial charge on any atom is 0.418 e. The van der Waals surface area contributed by atoms with Gasteiger partial charge in [0.2, 0.25) is 0 Å². The molecule has 0 saturated carbocycles. The number of rotatable bonds is 3. The summed E-state index contributed by atoms with van der Waals surface area (Å²) in [5.74, 6) is 0.301. The van der Waals surface area contributed by atoms with Gasteiger partial charge >= 0.3 is 6.18 Å². The van der Waals surface area contributed by atoms with Crippen LogP contribution in [0.25, 0.3) is 5.69 Å². The largest absolute Gasteiger partial charge is 0.418 e. The SMILES string of the molecule is CNCc1nnnn1-c1ccc(Br)cc1C(F)(F)F. The van der Waals surface area contributed by atoms with E-state index in [0.29, 0.717) is 10.3 Å². The van der Waals surface area contributed by atoms with Crippen LogP contribution in [-0.4, -0.2) is 27.3 Å². The third-order valence-electron chi connectivity index (χ3n) is 2.36. The molecule has 1 aromatic heterocycles. The van der Waals surface area contributed by atoms with E-state index in [9.17, 15) is 13.2 Å². The van der Waals surface area contributed by atoms with Crippen LogP contribution in [0.3, 0.4) is 0 Å². The second kappa shape index (κ2) is 5.25. The predicted octanol–water partition coefficient (Wildman–Crippen LogP) is 2.16. The molecule has 0 radical (unpaired) electrons. The molecule has 0 aliphatic heterocycles. The van der Waals surface area contributed by atoms with E-state index < -0.39 is 11.7 Å². The highest BCUT2D eigenvalue weighted by atomic mass is 79.9. The van der Waals surface area contributed by atoms with Gasteiger partial charge in [0.15, 0.2) is 5.82 Å². The van der Waals surface area contributed by atoms with E-state index in [-0.39, 0.29) is 12.2 Å². The molecule has 0 unspecified atom stereocenters. The second-order valence-corrected chi connectivity index (χ2v) is 4.61. The molecule has 5 nitrogen and oxygen atoms in total. The summed E-state index contributed by atoms with van der Waals surface area (Å²) in [6.45, 7) is 0.264. The lowest BCUT2D eigenvalue weighted by Crippen LogP contribution is -2.16. The fraction of sp³-hybridized carbons (Fsp3) is 0.300. The van der Waals surface area contributed by atoms with E-state index in [1.807, 2.05) is 0 Å². The number of benzene rings is 1. The zero-order valence-corrected chi connectivity index (χ0v) is 11.3. The van der Waals surface area contributed by atoms with E-state index in [4.69, 9.17) is 0 Å².